The van der Waals surface area contributed by atoms with E-state index >= 15 is 0 Å². The van der Waals surface area contributed by atoms with Gasteiger partial charge in [0.05, 0.1) is 0 Å². The molecule has 4 nitrogen and oxygen atoms in total. The maximum absolute atomic E-state index is 12.2. The predicted molar refractivity (Wildman–Crippen MR) is 70.0 cm³/mol. The van der Waals surface area contributed by atoms with Crippen molar-refractivity contribution >= 4 is 22.4 Å². The Morgan fingerprint density at radius 1 is 1.53 bits per heavy atom. The number of nitrogens with two attached hydrogens (primary N) is 1. The standard InChI is InChI=1S/C12H19N3OS/c1-8-5-3-4-6-10(8)15(2)11(16)9-7-17-12(13)14-9/h7-8,10H,3-6H2,1-2H3,(H2,13,14). The molecule has 1 aromatic heterocycles. The largest absolute Gasteiger partial charge is 0.375 e. The number of nitrogens with zero attached hydrogens (tertiary/aromatic N) is 2. The minimum atomic E-state index is -0.00306. The first-order valence-electron chi connectivity index (χ1n) is 6.07. The lowest BCUT2D eigenvalue weighted by Crippen LogP contribution is -2.42. The average molecular weight is 253 g/mol. The summed E-state index contributed by atoms with van der Waals surface area (Å²) < 4.78 is 0. The molecule has 0 aromatic carbocycles. The molecule has 2 rings (SSSR count). The average Bonchev–Trinajstić information content (AvgIpc) is 2.75. The molecule has 17 heavy (non-hydrogen) atoms. The fraction of sp³-hybridized carbons (Fsp3) is 0.667. The van der Waals surface area contributed by atoms with Gasteiger partial charge in [-0.25, -0.2) is 4.98 Å². The molecule has 1 aromatic rings. The summed E-state index contributed by atoms with van der Waals surface area (Å²) in [6.45, 7) is 2.23. The van der Waals surface area contributed by atoms with Gasteiger partial charge in [0.1, 0.15) is 5.69 Å². The number of aromatic nitrogens is 1. The zero-order valence-corrected chi connectivity index (χ0v) is 11.2. The zero-order chi connectivity index (χ0) is 12.4. The van der Waals surface area contributed by atoms with Crippen molar-refractivity contribution in [2.45, 2.75) is 38.6 Å². The number of rotatable bonds is 2. The normalized spacial score (nSPS) is 24.6. The van der Waals surface area contributed by atoms with Gasteiger partial charge in [0.2, 0.25) is 0 Å². The van der Waals surface area contributed by atoms with Crippen LogP contribution in [0.2, 0.25) is 0 Å². The number of anilines is 1. The van der Waals surface area contributed by atoms with Gasteiger partial charge in [-0.05, 0) is 18.8 Å². The number of hydrogen-bond acceptors (Lipinski definition) is 4. The maximum Gasteiger partial charge on any atom is 0.273 e. The quantitative estimate of drug-likeness (QED) is 0.880. The molecule has 1 fully saturated rings. The lowest BCUT2D eigenvalue weighted by molar-refractivity contribution is 0.0624. The molecule has 0 saturated heterocycles. The molecule has 94 valence electrons. The molecule has 1 aliphatic carbocycles. The number of carbonyl (C=O) groups excluding carboxylic acids is 1. The van der Waals surface area contributed by atoms with Gasteiger partial charge < -0.3 is 10.6 Å². The molecule has 2 N–H and O–H groups in total. The first-order valence-corrected chi connectivity index (χ1v) is 6.95. The molecule has 0 spiro atoms. The molecule has 1 saturated carbocycles. The van der Waals surface area contributed by atoms with E-state index in [4.69, 9.17) is 5.73 Å². The molecule has 2 atom stereocenters. The van der Waals surface area contributed by atoms with Crippen LogP contribution in [0.25, 0.3) is 0 Å². The van der Waals surface area contributed by atoms with Crippen LogP contribution in [0.1, 0.15) is 43.1 Å². The van der Waals surface area contributed by atoms with Gasteiger partial charge in [-0.1, -0.05) is 19.8 Å². The van der Waals surface area contributed by atoms with Crippen LogP contribution in [0.4, 0.5) is 5.13 Å². The van der Waals surface area contributed by atoms with E-state index in [1.807, 2.05) is 11.9 Å². The molecular weight excluding hydrogens is 234 g/mol. The van der Waals surface area contributed by atoms with E-state index < -0.39 is 0 Å². The number of hydrogen-bond donors (Lipinski definition) is 1. The first kappa shape index (κ1) is 12.4. The van der Waals surface area contributed by atoms with Crippen molar-refractivity contribution in [1.29, 1.82) is 0 Å². The Morgan fingerprint density at radius 3 is 2.82 bits per heavy atom. The van der Waals surface area contributed by atoms with Crippen molar-refractivity contribution in [1.82, 2.24) is 9.88 Å². The Kier molecular flexibility index (Phi) is 3.66. The molecule has 0 bridgehead atoms. The summed E-state index contributed by atoms with van der Waals surface area (Å²) in [6, 6.07) is 0.346. The highest BCUT2D eigenvalue weighted by molar-refractivity contribution is 7.13. The Morgan fingerprint density at radius 2 is 2.24 bits per heavy atom. The summed E-state index contributed by atoms with van der Waals surface area (Å²) in [5.74, 6) is 0.574. The third-order valence-corrected chi connectivity index (χ3v) is 4.30. The lowest BCUT2D eigenvalue weighted by atomic mass is 9.85. The van der Waals surface area contributed by atoms with E-state index in [9.17, 15) is 4.79 Å². The summed E-state index contributed by atoms with van der Waals surface area (Å²) in [5.41, 5.74) is 6.04. The van der Waals surface area contributed by atoms with Gasteiger partial charge in [-0.3, -0.25) is 4.79 Å². The Labute approximate surface area is 106 Å². The van der Waals surface area contributed by atoms with Crippen LogP contribution in [-0.4, -0.2) is 28.9 Å². The van der Waals surface area contributed by atoms with Crippen LogP contribution < -0.4 is 5.73 Å². The van der Waals surface area contributed by atoms with Crippen LogP contribution in [0.15, 0.2) is 5.38 Å². The highest BCUT2D eigenvalue weighted by Gasteiger charge is 2.29. The fourth-order valence-corrected chi connectivity index (χ4v) is 3.13. The minimum Gasteiger partial charge on any atom is -0.375 e. The fourth-order valence-electron chi connectivity index (χ4n) is 2.59. The Bertz CT molecular complexity index is 404. The van der Waals surface area contributed by atoms with Gasteiger partial charge in [-0.15, -0.1) is 11.3 Å². The molecule has 5 heteroatoms. The molecule has 0 radical (unpaired) electrons. The van der Waals surface area contributed by atoms with Gasteiger partial charge in [-0.2, -0.15) is 0 Å². The van der Waals surface area contributed by atoms with Crippen LogP contribution in [0.3, 0.4) is 0 Å². The smallest absolute Gasteiger partial charge is 0.273 e. The minimum absolute atomic E-state index is 0.00306. The van der Waals surface area contributed by atoms with Crippen molar-refractivity contribution in [3.8, 4) is 0 Å². The van der Waals surface area contributed by atoms with E-state index in [0.29, 0.717) is 22.8 Å². The van der Waals surface area contributed by atoms with Gasteiger partial charge in [0.15, 0.2) is 5.13 Å². The van der Waals surface area contributed by atoms with Crippen LogP contribution >= 0.6 is 11.3 Å². The topological polar surface area (TPSA) is 59.2 Å². The highest BCUT2D eigenvalue weighted by atomic mass is 32.1. The van der Waals surface area contributed by atoms with Crippen molar-refractivity contribution in [2.75, 3.05) is 12.8 Å². The molecule has 1 heterocycles. The summed E-state index contributed by atoms with van der Waals surface area (Å²) in [7, 11) is 1.88. The van der Waals surface area contributed by atoms with Gasteiger partial charge in [0.25, 0.3) is 5.91 Å². The Hall–Kier alpha value is -1.10. The van der Waals surface area contributed by atoms with E-state index in [0.717, 1.165) is 6.42 Å². The number of amides is 1. The van der Waals surface area contributed by atoms with E-state index in [-0.39, 0.29) is 5.91 Å². The molecule has 1 aliphatic rings. The summed E-state index contributed by atoms with van der Waals surface area (Å²) >= 11 is 1.32. The third-order valence-electron chi connectivity index (χ3n) is 3.63. The van der Waals surface area contributed by atoms with E-state index in [2.05, 4.69) is 11.9 Å². The zero-order valence-electron chi connectivity index (χ0n) is 10.3. The third kappa shape index (κ3) is 2.60. The lowest BCUT2D eigenvalue weighted by Gasteiger charge is -2.35. The second kappa shape index (κ2) is 5.04. The number of thiazole rings is 1. The summed E-state index contributed by atoms with van der Waals surface area (Å²) in [5, 5.41) is 2.19. The van der Waals surface area contributed by atoms with Gasteiger partial charge >= 0.3 is 0 Å². The number of carbonyl (C=O) groups is 1. The SMILES string of the molecule is CC1CCCCC1N(C)C(=O)c1csc(N)n1. The predicted octanol–water partition coefficient (Wildman–Crippen LogP) is 2.38. The first-order chi connectivity index (χ1) is 8.09. The van der Waals surface area contributed by atoms with Crippen LogP contribution in [-0.2, 0) is 0 Å². The van der Waals surface area contributed by atoms with Crippen molar-refractivity contribution in [2.24, 2.45) is 5.92 Å². The molecule has 0 aliphatic heterocycles. The number of nitrogen functional groups attached to an aromatic ring is 1. The van der Waals surface area contributed by atoms with E-state index in [1.165, 1.54) is 30.6 Å². The summed E-state index contributed by atoms with van der Waals surface area (Å²) in [6.07, 6.45) is 4.81. The van der Waals surface area contributed by atoms with Crippen molar-refractivity contribution < 1.29 is 4.79 Å². The highest BCUT2D eigenvalue weighted by Crippen LogP contribution is 2.28. The summed E-state index contributed by atoms with van der Waals surface area (Å²) in [4.78, 5) is 18.1. The monoisotopic (exact) mass is 253 g/mol. The second-order valence-electron chi connectivity index (χ2n) is 4.82. The molecule has 2 unspecified atom stereocenters. The van der Waals surface area contributed by atoms with Crippen LogP contribution in [0.5, 0.6) is 0 Å². The van der Waals surface area contributed by atoms with Crippen LogP contribution in [0, 0.1) is 5.92 Å². The van der Waals surface area contributed by atoms with Crippen molar-refractivity contribution in [3.05, 3.63) is 11.1 Å². The van der Waals surface area contributed by atoms with Gasteiger partial charge in [0, 0.05) is 18.5 Å². The second-order valence-corrected chi connectivity index (χ2v) is 5.71. The molecular formula is C12H19N3OS. The van der Waals surface area contributed by atoms with E-state index in [1.54, 1.807) is 5.38 Å². The Balaban J connectivity index is 2.08. The molecule has 1 amide bonds. The maximum atomic E-state index is 12.2. The van der Waals surface area contributed by atoms with Crippen molar-refractivity contribution in [3.63, 3.8) is 0 Å².